The van der Waals surface area contributed by atoms with E-state index >= 15 is 0 Å². The van der Waals surface area contributed by atoms with Crippen LogP contribution in [-0.2, 0) is 4.79 Å². The number of rotatable bonds is 4. The number of amides is 1. The van der Waals surface area contributed by atoms with E-state index in [2.05, 4.69) is 0 Å². The number of hydrogen-bond acceptors (Lipinski definition) is 3. The van der Waals surface area contributed by atoms with Crippen molar-refractivity contribution in [2.75, 3.05) is 0 Å². The SMILES string of the molecule is NNC(=O)C(Oc1ccc(F)cc1F)c1ccccc1. The Morgan fingerprint density at radius 1 is 1.15 bits per heavy atom. The summed E-state index contributed by atoms with van der Waals surface area (Å²) in [5.41, 5.74) is 2.45. The van der Waals surface area contributed by atoms with Gasteiger partial charge in [-0.15, -0.1) is 0 Å². The van der Waals surface area contributed by atoms with Crippen molar-refractivity contribution in [3.05, 3.63) is 65.7 Å². The van der Waals surface area contributed by atoms with E-state index in [0.717, 1.165) is 12.1 Å². The van der Waals surface area contributed by atoms with Crippen molar-refractivity contribution in [1.82, 2.24) is 5.43 Å². The van der Waals surface area contributed by atoms with Crippen molar-refractivity contribution in [2.24, 2.45) is 5.84 Å². The Morgan fingerprint density at radius 3 is 2.45 bits per heavy atom. The van der Waals surface area contributed by atoms with E-state index in [-0.39, 0.29) is 5.75 Å². The molecule has 0 aliphatic carbocycles. The zero-order valence-electron chi connectivity index (χ0n) is 10.3. The maximum atomic E-state index is 13.6. The van der Waals surface area contributed by atoms with Crippen molar-refractivity contribution < 1.29 is 18.3 Å². The molecule has 1 amide bonds. The van der Waals surface area contributed by atoms with Gasteiger partial charge in [0, 0.05) is 11.6 Å². The normalized spacial score (nSPS) is 11.8. The Bertz CT molecular complexity index is 605. The molecule has 0 bridgehead atoms. The molecule has 0 saturated heterocycles. The van der Waals surface area contributed by atoms with Crippen LogP contribution in [0.4, 0.5) is 8.78 Å². The molecule has 0 radical (unpaired) electrons. The van der Waals surface area contributed by atoms with E-state index in [9.17, 15) is 13.6 Å². The van der Waals surface area contributed by atoms with Crippen LogP contribution in [0.3, 0.4) is 0 Å². The third-order valence-corrected chi connectivity index (χ3v) is 2.62. The Labute approximate surface area is 114 Å². The number of nitrogens with two attached hydrogens (primary N) is 1. The molecule has 0 aromatic heterocycles. The lowest BCUT2D eigenvalue weighted by Gasteiger charge is -2.18. The lowest BCUT2D eigenvalue weighted by molar-refractivity contribution is -0.128. The van der Waals surface area contributed by atoms with E-state index < -0.39 is 23.6 Å². The Morgan fingerprint density at radius 2 is 1.85 bits per heavy atom. The summed E-state index contributed by atoms with van der Waals surface area (Å²) >= 11 is 0. The summed E-state index contributed by atoms with van der Waals surface area (Å²) < 4.78 is 31.7. The predicted molar refractivity (Wildman–Crippen MR) is 68.5 cm³/mol. The molecular formula is C14H12F2N2O2. The fraction of sp³-hybridized carbons (Fsp3) is 0.0714. The van der Waals surface area contributed by atoms with Crippen LogP contribution in [0.1, 0.15) is 11.7 Å². The highest BCUT2D eigenvalue weighted by Crippen LogP contribution is 2.25. The lowest BCUT2D eigenvalue weighted by Crippen LogP contribution is -2.37. The van der Waals surface area contributed by atoms with E-state index in [4.69, 9.17) is 10.6 Å². The monoisotopic (exact) mass is 278 g/mol. The number of halogens is 2. The van der Waals surface area contributed by atoms with Gasteiger partial charge in [-0.2, -0.15) is 0 Å². The maximum absolute atomic E-state index is 13.6. The van der Waals surface area contributed by atoms with Crippen molar-refractivity contribution in [3.63, 3.8) is 0 Å². The fourth-order valence-electron chi connectivity index (χ4n) is 1.67. The predicted octanol–water partition coefficient (Wildman–Crippen LogP) is 2.07. The first-order chi connectivity index (χ1) is 9.61. The number of benzene rings is 2. The second-order valence-electron chi connectivity index (χ2n) is 3.99. The topological polar surface area (TPSA) is 64.3 Å². The summed E-state index contributed by atoms with van der Waals surface area (Å²) in [5.74, 6) is 2.60. The Hall–Kier alpha value is -2.47. The van der Waals surface area contributed by atoms with Crippen LogP contribution in [0, 0.1) is 11.6 Å². The highest BCUT2D eigenvalue weighted by molar-refractivity contribution is 5.82. The number of nitrogens with one attached hydrogen (secondary N) is 1. The number of carbonyl (C=O) groups is 1. The molecule has 20 heavy (non-hydrogen) atoms. The first-order valence-electron chi connectivity index (χ1n) is 5.79. The highest BCUT2D eigenvalue weighted by atomic mass is 19.1. The molecule has 0 saturated carbocycles. The van der Waals surface area contributed by atoms with Crippen LogP contribution in [0.2, 0.25) is 0 Å². The molecule has 4 nitrogen and oxygen atoms in total. The van der Waals surface area contributed by atoms with E-state index in [1.807, 2.05) is 5.43 Å². The number of ether oxygens (including phenoxy) is 1. The molecular weight excluding hydrogens is 266 g/mol. The molecule has 104 valence electrons. The minimum Gasteiger partial charge on any atom is -0.473 e. The van der Waals surface area contributed by atoms with Gasteiger partial charge in [-0.3, -0.25) is 10.2 Å². The largest absolute Gasteiger partial charge is 0.473 e. The van der Waals surface area contributed by atoms with Crippen LogP contribution in [-0.4, -0.2) is 5.91 Å². The molecule has 0 spiro atoms. The zero-order valence-corrected chi connectivity index (χ0v) is 10.3. The zero-order chi connectivity index (χ0) is 14.5. The average Bonchev–Trinajstić information content (AvgIpc) is 2.46. The number of carbonyl (C=O) groups excluding carboxylic acids is 1. The van der Waals surface area contributed by atoms with Crippen molar-refractivity contribution in [3.8, 4) is 5.75 Å². The van der Waals surface area contributed by atoms with Gasteiger partial charge in [-0.25, -0.2) is 14.6 Å². The molecule has 6 heteroatoms. The van der Waals surface area contributed by atoms with Gasteiger partial charge >= 0.3 is 0 Å². The molecule has 0 fully saturated rings. The molecule has 0 aliphatic rings. The quantitative estimate of drug-likeness (QED) is 0.511. The standard InChI is InChI=1S/C14H12F2N2O2/c15-10-6-7-12(11(16)8-10)20-13(14(19)18-17)9-4-2-1-3-5-9/h1-8,13H,17H2,(H,18,19). The van der Waals surface area contributed by atoms with Gasteiger partial charge in [-0.1, -0.05) is 30.3 Å². The summed E-state index contributed by atoms with van der Waals surface area (Å²) in [6, 6.07) is 11.3. The molecule has 2 aromatic rings. The second-order valence-corrected chi connectivity index (χ2v) is 3.99. The van der Waals surface area contributed by atoms with Crippen LogP contribution in [0.15, 0.2) is 48.5 Å². The van der Waals surface area contributed by atoms with Gasteiger partial charge in [-0.05, 0) is 12.1 Å². The summed E-state index contributed by atoms with van der Waals surface area (Å²) in [7, 11) is 0. The minimum atomic E-state index is -1.12. The molecule has 0 heterocycles. The molecule has 2 aromatic carbocycles. The number of hydrogen-bond donors (Lipinski definition) is 2. The smallest absolute Gasteiger partial charge is 0.279 e. The molecule has 1 unspecified atom stereocenters. The highest BCUT2D eigenvalue weighted by Gasteiger charge is 2.23. The van der Waals surface area contributed by atoms with Crippen LogP contribution >= 0.6 is 0 Å². The van der Waals surface area contributed by atoms with Crippen LogP contribution in [0.5, 0.6) is 5.75 Å². The second kappa shape index (κ2) is 6.12. The van der Waals surface area contributed by atoms with Gasteiger partial charge < -0.3 is 4.74 Å². The molecule has 2 rings (SSSR count). The minimum absolute atomic E-state index is 0.233. The summed E-state index contributed by atoms with van der Waals surface area (Å²) in [6.07, 6.45) is -1.12. The van der Waals surface area contributed by atoms with Crippen LogP contribution < -0.4 is 16.0 Å². The molecule has 1 atom stereocenters. The summed E-state index contributed by atoms with van der Waals surface area (Å²) in [5, 5.41) is 0. The van der Waals surface area contributed by atoms with Gasteiger partial charge in [0.25, 0.3) is 5.91 Å². The van der Waals surface area contributed by atoms with Crippen molar-refractivity contribution in [2.45, 2.75) is 6.10 Å². The first-order valence-corrected chi connectivity index (χ1v) is 5.79. The third-order valence-electron chi connectivity index (χ3n) is 2.62. The van der Waals surface area contributed by atoms with Gasteiger partial charge in [0.15, 0.2) is 11.6 Å². The Balaban J connectivity index is 2.31. The fourth-order valence-corrected chi connectivity index (χ4v) is 1.67. The molecule has 0 aliphatic heterocycles. The Kier molecular flexibility index (Phi) is 4.27. The first kappa shape index (κ1) is 14.0. The summed E-state index contributed by atoms with van der Waals surface area (Å²) in [6.45, 7) is 0. The van der Waals surface area contributed by atoms with E-state index in [1.165, 1.54) is 0 Å². The van der Waals surface area contributed by atoms with Gasteiger partial charge in [0.1, 0.15) is 5.82 Å². The molecule has 3 N–H and O–H groups in total. The van der Waals surface area contributed by atoms with Gasteiger partial charge in [0.2, 0.25) is 6.10 Å². The summed E-state index contributed by atoms with van der Waals surface area (Å²) in [4.78, 5) is 11.7. The third kappa shape index (κ3) is 3.10. The van der Waals surface area contributed by atoms with Gasteiger partial charge in [0.05, 0.1) is 0 Å². The van der Waals surface area contributed by atoms with E-state index in [0.29, 0.717) is 11.6 Å². The van der Waals surface area contributed by atoms with Crippen LogP contribution in [0.25, 0.3) is 0 Å². The van der Waals surface area contributed by atoms with E-state index in [1.54, 1.807) is 30.3 Å². The average molecular weight is 278 g/mol. The number of hydrazine groups is 1. The lowest BCUT2D eigenvalue weighted by atomic mass is 10.1. The van der Waals surface area contributed by atoms with Crippen molar-refractivity contribution in [1.29, 1.82) is 0 Å². The van der Waals surface area contributed by atoms with Crippen molar-refractivity contribution >= 4 is 5.91 Å². The maximum Gasteiger partial charge on any atom is 0.279 e.